The Morgan fingerprint density at radius 1 is 1.06 bits per heavy atom. The zero-order valence-electron chi connectivity index (χ0n) is 11.4. The highest BCUT2D eigenvalue weighted by molar-refractivity contribution is 7.89. The topological polar surface area (TPSA) is 49.4 Å². The molecule has 0 aromatic carbocycles. The van der Waals surface area contributed by atoms with Crippen LogP contribution in [0.4, 0.5) is 0 Å². The van der Waals surface area contributed by atoms with E-state index in [0.717, 1.165) is 38.8 Å². The Labute approximate surface area is 111 Å². The molecule has 106 valence electrons. The van der Waals surface area contributed by atoms with Crippen molar-refractivity contribution in [2.45, 2.75) is 51.0 Å². The maximum absolute atomic E-state index is 12.4. The van der Waals surface area contributed by atoms with Gasteiger partial charge in [-0.1, -0.05) is 19.3 Å². The smallest absolute Gasteiger partial charge is 0.214 e. The average Bonchev–Trinajstić information content (AvgIpc) is 2.39. The molecule has 0 radical (unpaired) electrons. The van der Waals surface area contributed by atoms with Crippen molar-refractivity contribution in [1.29, 1.82) is 0 Å². The first-order valence-corrected chi connectivity index (χ1v) is 8.87. The van der Waals surface area contributed by atoms with Gasteiger partial charge in [0.15, 0.2) is 0 Å². The van der Waals surface area contributed by atoms with Crippen LogP contribution in [0.25, 0.3) is 0 Å². The zero-order chi connectivity index (χ0) is 13.0. The highest BCUT2D eigenvalue weighted by atomic mass is 32.2. The lowest BCUT2D eigenvalue weighted by molar-refractivity contribution is 0.282. The predicted octanol–water partition coefficient (Wildman–Crippen LogP) is 1.58. The molecule has 0 atom stereocenters. The molecule has 0 spiro atoms. The van der Waals surface area contributed by atoms with E-state index in [1.807, 2.05) is 0 Å². The van der Waals surface area contributed by atoms with Gasteiger partial charge in [0, 0.05) is 13.1 Å². The van der Waals surface area contributed by atoms with Crippen LogP contribution in [0.15, 0.2) is 0 Å². The molecule has 1 aliphatic heterocycles. The number of rotatable bonds is 4. The van der Waals surface area contributed by atoms with Gasteiger partial charge in [-0.25, -0.2) is 12.7 Å². The van der Waals surface area contributed by atoms with Crippen LogP contribution in [-0.2, 0) is 10.0 Å². The molecule has 1 N–H and O–H groups in total. The van der Waals surface area contributed by atoms with Gasteiger partial charge in [-0.3, -0.25) is 0 Å². The molecule has 18 heavy (non-hydrogen) atoms. The number of hydrogen-bond acceptors (Lipinski definition) is 3. The molecule has 1 saturated heterocycles. The third-order valence-corrected chi connectivity index (χ3v) is 6.50. The number of sulfonamides is 1. The molecule has 0 amide bonds. The minimum Gasteiger partial charge on any atom is -0.317 e. The van der Waals surface area contributed by atoms with Gasteiger partial charge in [-0.05, 0) is 44.7 Å². The minimum absolute atomic E-state index is 0.255. The first kappa shape index (κ1) is 14.3. The molecular formula is C13H26N2O2S. The average molecular weight is 274 g/mol. The van der Waals surface area contributed by atoms with Gasteiger partial charge in [0.05, 0.1) is 5.75 Å². The summed E-state index contributed by atoms with van der Waals surface area (Å²) in [5.41, 5.74) is 0. The summed E-state index contributed by atoms with van der Waals surface area (Å²) in [6.45, 7) is 1.93. The van der Waals surface area contributed by atoms with Gasteiger partial charge >= 0.3 is 0 Å². The molecule has 0 bridgehead atoms. The summed E-state index contributed by atoms with van der Waals surface area (Å²) in [5, 5.41) is 3.28. The summed E-state index contributed by atoms with van der Waals surface area (Å²) >= 11 is 0. The summed E-state index contributed by atoms with van der Waals surface area (Å²) in [4.78, 5) is 0. The third-order valence-electron chi connectivity index (χ3n) is 4.43. The van der Waals surface area contributed by atoms with Crippen LogP contribution in [0.5, 0.6) is 0 Å². The van der Waals surface area contributed by atoms with E-state index < -0.39 is 10.0 Å². The van der Waals surface area contributed by atoms with Crippen LogP contribution in [0.2, 0.25) is 0 Å². The number of hydrogen-bond donors (Lipinski definition) is 1. The van der Waals surface area contributed by atoms with E-state index in [9.17, 15) is 8.42 Å². The SMILES string of the molecule is CN(C1CCCCC1)S(=O)(=O)CC1CCNCC1. The molecule has 2 rings (SSSR count). The van der Waals surface area contributed by atoms with Crippen LogP contribution < -0.4 is 5.32 Å². The Bertz CT molecular complexity index is 344. The Morgan fingerprint density at radius 2 is 1.67 bits per heavy atom. The molecule has 4 nitrogen and oxygen atoms in total. The second kappa shape index (κ2) is 6.35. The third kappa shape index (κ3) is 3.68. The largest absolute Gasteiger partial charge is 0.317 e. The maximum Gasteiger partial charge on any atom is 0.214 e. The van der Waals surface area contributed by atoms with E-state index in [2.05, 4.69) is 5.32 Å². The predicted molar refractivity (Wildman–Crippen MR) is 74.0 cm³/mol. The normalized spacial score (nSPS) is 24.6. The van der Waals surface area contributed by atoms with Crippen molar-refractivity contribution in [3.8, 4) is 0 Å². The molecule has 0 aromatic heterocycles. The van der Waals surface area contributed by atoms with E-state index in [1.54, 1.807) is 11.4 Å². The molecule has 2 fully saturated rings. The van der Waals surface area contributed by atoms with E-state index >= 15 is 0 Å². The van der Waals surface area contributed by atoms with Crippen molar-refractivity contribution in [2.24, 2.45) is 5.92 Å². The van der Waals surface area contributed by atoms with Crippen LogP contribution in [0.1, 0.15) is 44.9 Å². The van der Waals surface area contributed by atoms with Crippen molar-refractivity contribution in [2.75, 3.05) is 25.9 Å². The highest BCUT2D eigenvalue weighted by Crippen LogP contribution is 2.25. The van der Waals surface area contributed by atoms with E-state index in [4.69, 9.17) is 0 Å². The summed E-state index contributed by atoms with van der Waals surface area (Å²) in [7, 11) is -1.27. The first-order chi connectivity index (χ1) is 8.59. The van der Waals surface area contributed by atoms with Crippen LogP contribution in [0.3, 0.4) is 0 Å². The lowest BCUT2D eigenvalue weighted by Crippen LogP contribution is -2.42. The Balaban J connectivity index is 1.91. The molecule has 1 aliphatic carbocycles. The lowest BCUT2D eigenvalue weighted by Gasteiger charge is -2.32. The van der Waals surface area contributed by atoms with Gasteiger partial charge in [0.25, 0.3) is 0 Å². The van der Waals surface area contributed by atoms with Crippen molar-refractivity contribution >= 4 is 10.0 Å². The highest BCUT2D eigenvalue weighted by Gasteiger charge is 2.30. The Kier molecular flexibility index (Phi) is 5.04. The van der Waals surface area contributed by atoms with Gasteiger partial charge in [0.2, 0.25) is 10.0 Å². The van der Waals surface area contributed by atoms with Crippen molar-refractivity contribution in [3.05, 3.63) is 0 Å². The van der Waals surface area contributed by atoms with Gasteiger partial charge in [-0.15, -0.1) is 0 Å². The van der Waals surface area contributed by atoms with Crippen LogP contribution in [0, 0.1) is 5.92 Å². The fourth-order valence-corrected chi connectivity index (χ4v) is 4.96. The minimum atomic E-state index is -3.05. The quantitative estimate of drug-likeness (QED) is 0.847. The van der Waals surface area contributed by atoms with E-state index in [0.29, 0.717) is 11.7 Å². The molecule has 2 aliphatic rings. The van der Waals surface area contributed by atoms with Crippen molar-refractivity contribution in [1.82, 2.24) is 9.62 Å². The Hall–Kier alpha value is -0.130. The Morgan fingerprint density at radius 3 is 2.28 bits per heavy atom. The van der Waals surface area contributed by atoms with Crippen molar-refractivity contribution < 1.29 is 8.42 Å². The zero-order valence-corrected chi connectivity index (χ0v) is 12.2. The molecule has 1 heterocycles. The van der Waals surface area contributed by atoms with E-state index in [1.165, 1.54) is 19.3 Å². The van der Waals surface area contributed by atoms with Crippen LogP contribution >= 0.6 is 0 Å². The second-order valence-corrected chi connectivity index (χ2v) is 7.85. The van der Waals surface area contributed by atoms with Gasteiger partial charge < -0.3 is 5.32 Å². The van der Waals surface area contributed by atoms with Crippen molar-refractivity contribution in [3.63, 3.8) is 0 Å². The van der Waals surface area contributed by atoms with Crippen LogP contribution in [-0.4, -0.2) is 44.7 Å². The summed E-state index contributed by atoms with van der Waals surface area (Å²) in [5.74, 6) is 0.698. The number of nitrogens with one attached hydrogen (secondary N) is 1. The van der Waals surface area contributed by atoms with E-state index in [-0.39, 0.29) is 6.04 Å². The molecule has 5 heteroatoms. The molecule has 0 unspecified atom stereocenters. The monoisotopic (exact) mass is 274 g/mol. The molecule has 0 aromatic rings. The summed E-state index contributed by atoms with van der Waals surface area (Å²) in [6, 6.07) is 0.255. The van der Waals surface area contributed by atoms with Gasteiger partial charge in [-0.2, -0.15) is 0 Å². The lowest BCUT2D eigenvalue weighted by atomic mass is 9.96. The molecule has 1 saturated carbocycles. The second-order valence-electron chi connectivity index (χ2n) is 5.78. The number of piperidine rings is 1. The maximum atomic E-state index is 12.4. The molecular weight excluding hydrogens is 248 g/mol. The fraction of sp³-hybridized carbons (Fsp3) is 1.00. The number of nitrogens with zero attached hydrogens (tertiary/aromatic N) is 1. The summed E-state index contributed by atoms with van der Waals surface area (Å²) in [6.07, 6.45) is 7.70. The fourth-order valence-electron chi connectivity index (χ4n) is 3.14. The standard InChI is InChI=1S/C13H26N2O2S/c1-15(13-5-3-2-4-6-13)18(16,17)11-12-7-9-14-10-8-12/h12-14H,2-11H2,1H3. The summed E-state index contributed by atoms with van der Waals surface area (Å²) < 4.78 is 26.5. The first-order valence-electron chi connectivity index (χ1n) is 7.26. The van der Waals surface area contributed by atoms with Gasteiger partial charge in [0.1, 0.15) is 0 Å².